The van der Waals surface area contributed by atoms with E-state index in [4.69, 9.17) is 4.74 Å². The van der Waals surface area contributed by atoms with Crippen LogP contribution in [0.4, 0.5) is 4.39 Å². The summed E-state index contributed by atoms with van der Waals surface area (Å²) in [5, 5.41) is 9.64. The molecular formula is C21H29FN2O3. The number of hydrogen-bond acceptors (Lipinski definition) is 5. The number of ether oxygens (including phenoxy) is 1. The summed E-state index contributed by atoms with van der Waals surface area (Å²) in [6.45, 7) is 4.71. The number of cyclic esters (lactones) is 1. The summed E-state index contributed by atoms with van der Waals surface area (Å²) in [6, 6.07) is 6.90. The third kappa shape index (κ3) is 4.18. The Kier molecular flexibility index (Phi) is 5.48. The first kappa shape index (κ1) is 18.8. The molecular weight excluding hydrogens is 347 g/mol. The number of aliphatic hydroxyl groups excluding tert-OH is 1. The molecule has 0 saturated carbocycles. The Labute approximate surface area is 160 Å². The highest BCUT2D eigenvalue weighted by Crippen LogP contribution is 2.43. The van der Waals surface area contributed by atoms with Crippen molar-refractivity contribution in [1.82, 2.24) is 9.80 Å². The van der Waals surface area contributed by atoms with Gasteiger partial charge in [0.2, 0.25) is 0 Å². The molecule has 1 atom stereocenters. The molecule has 1 N–H and O–H groups in total. The van der Waals surface area contributed by atoms with Gasteiger partial charge in [-0.2, -0.15) is 0 Å². The maximum Gasteiger partial charge on any atom is 0.312 e. The van der Waals surface area contributed by atoms with E-state index in [1.54, 1.807) is 6.07 Å². The number of carbonyl (C=O) groups is 1. The Bertz CT molecular complexity index is 667. The van der Waals surface area contributed by atoms with Gasteiger partial charge in [-0.1, -0.05) is 18.2 Å². The first-order valence-corrected chi connectivity index (χ1v) is 10.1. The molecule has 148 valence electrons. The zero-order valence-corrected chi connectivity index (χ0v) is 15.8. The third-order valence-corrected chi connectivity index (χ3v) is 6.51. The van der Waals surface area contributed by atoms with Gasteiger partial charge in [0.05, 0.1) is 11.5 Å². The predicted octanol–water partition coefficient (Wildman–Crippen LogP) is 2.18. The number of rotatable bonds is 4. The van der Waals surface area contributed by atoms with Gasteiger partial charge in [0.15, 0.2) is 0 Å². The van der Waals surface area contributed by atoms with Gasteiger partial charge in [0.1, 0.15) is 11.9 Å². The Hall–Kier alpha value is -1.50. The van der Waals surface area contributed by atoms with Crippen LogP contribution in [0.25, 0.3) is 0 Å². The molecule has 0 radical (unpaired) electrons. The van der Waals surface area contributed by atoms with Crippen molar-refractivity contribution in [2.75, 3.05) is 32.7 Å². The molecule has 0 bridgehead atoms. The highest BCUT2D eigenvalue weighted by molar-refractivity contribution is 5.79. The standard InChI is InChI=1S/C21H29FN2O3/c22-19-4-2-1-3-16(19)14-24-11-7-21(8-12-24)13-18(27-20(21)26)15-23-9-5-17(25)6-10-23/h1-4,17-18,25H,5-15H2. The summed E-state index contributed by atoms with van der Waals surface area (Å²) in [5.41, 5.74) is 0.360. The molecule has 4 rings (SSSR count). The molecule has 5 nitrogen and oxygen atoms in total. The summed E-state index contributed by atoms with van der Waals surface area (Å²) in [6.07, 6.45) is 3.75. The Morgan fingerprint density at radius 3 is 2.52 bits per heavy atom. The largest absolute Gasteiger partial charge is 0.461 e. The number of aliphatic hydroxyl groups is 1. The van der Waals surface area contributed by atoms with Crippen molar-refractivity contribution in [1.29, 1.82) is 0 Å². The van der Waals surface area contributed by atoms with E-state index < -0.39 is 0 Å². The van der Waals surface area contributed by atoms with Crippen LogP contribution in [0, 0.1) is 11.2 Å². The van der Waals surface area contributed by atoms with E-state index in [1.165, 1.54) is 6.07 Å². The van der Waals surface area contributed by atoms with Crippen LogP contribution in [0.2, 0.25) is 0 Å². The quantitative estimate of drug-likeness (QED) is 0.817. The number of halogens is 1. The van der Waals surface area contributed by atoms with Crippen LogP contribution in [0.5, 0.6) is 0 Å². The molecule has 1 aromatic rings. The maximum absolute atomic E-state index is 13.9. The van der Waals surface area contributed by atoms with Crippen molar-refractivity contribution in [3.05, 3.63) is 35.6 Å². The molecule has 3 saturated heterocycles. The van der Waals surface area contributed by atoms with Gasteiger partial charge in [-0.15, -0.1) is 0 Å². The molecule has 3 aliphatic heterocycles. The summed E-state index contributed by atoms with van der Waals surface area (Å²) < 4.78 is 19.6. The maximum atomic E-state index is 13.9. The molecule has 0 aromatic heterocycles. The lowest BCUT2D eigenvalue weighted by atomic mass is 9.76. The number of hydrogen-bond donors (Lipinski definition) is 1. The first-order chi connectivity index (χ1) is 13.0. The molecule has 1 unspecified atom stereocenters. The molecule has 3 aliphatic rings. The Morgan fingerprint density at radius 2 is 1.81 bits per heavy atom. The fourth-order valence-electron chi connectivity index (χ4n) is 4.74. The van der Waals surface area contributed by atoms with Crippen LogP contribution in [0.3, 0.4) is 0 Å². The minimum absolute atomic E-state index is 0.0362. The van der Waals surface area contributed by atoms with Crippen LogP contribution in [-0.4, -0.2) is 65.8 Å². The Balaban J connectivity index is 1.30. The van der Waals surface area contributed by atoms with Gasteiger partial charge in [0.25, 0.3) is 0 Å². The zero-order valence-electron chi connectivity index (χ0n) is 15.8. The van der Waals surface area contributed by atoms with Crippen molar-refractivity contribution in [3.63, 3.8) is 0 Å². The predicted molar refractivity (Wildman–Crippen MR) is 99.5 cm³/mol. The lowest BCUT2D eigenvalue weighted by Crippen LogP contribution is -2.42. The van der Waals surface area contributed by atoms with E-state index in [-0.39, 0.29) is 29.4 Å². The molecule has 1 aromatic carbocycles. The van der Waals surface area contributed by atoms with Gasteiger partial charge in [-0.3, -0.25) is 14.6 Å². The van der Waals surface area contributed by atoms with Gasteiger partial charge in [0, 0.05) is 38.2 Å². The fraction of sp³-hybridized carbons (Fsp3) is 0.667. The summed E-state index contributed by atoms with van der Waals surface area (Å²) >= 11 is 0. The number of carbonyl (C=O) groups excluding carboxylic acids is 1. The highest BCUT2D eigenvalue weighted by atomic mass is 19.1. The van der Waals surface area contributed by atoms with E-state index in [9.17, 15) is 14.3 Å². The van der Waals surface area contributed by atoms with E-state index in [0.717, 1.165) is 64.8 Å². The van der Waals surface area contributed by atoms with Crippen LogP contribution in [-0.2, 0) is 16.1 Å². The second kappa shape index (κ2) is 7.86. The lowest BCUT2D eigenvalue weighted by molar-refractivity contribution is -0.151. The number of esters is 1. The lowest BCUT2D eigenvalue weighted by Gasteiger charge is -2.36. The molecule has 1 spiro atoms. The van der Waals surface area contributed by atoms with E-state index in [0.29, 0.717) is 12.1 Å². The van der Waals surface area contributed by atoms with Crippen LogP contribution in [0.15, 0.2) is 24.3 Å². The molecule has 27 heavy (non-hydrogen) atoms. The average Bonchev–Trinajstić information content (AvgIpc) is 2.96. The fourth-order valence-corrected chi connectivity index (χ4v) is 4.74. The molecule has 3 heterocycles. The second-order valence-electron chi connectivity index (χ2n) is 8.41. The molecule has 0 aliphatic carbocycles. The van der Waals surface area contributed by atoms with E-state index in [2.05, 4.69) is 9.80 Å². The topological polar surface area (TPSA) is 53.0 Å². The average molecular weight is 376 g/mol. The normalized spacial score (nSPS) is 27.2. The van der Waals surface area contributed by atoms with Crippen molar-refractivity contribution in [3.8, 4) is 0 Å². The summed E-state index contributed by atoms with van der Waals surface area (Å²) in [7, 11) is 0. The third-order valence-electron chi connectivity index (χ3n) is 6.51. The van der Waals surface area contributed by atoms with Gasteiger partial charge >= 0.3 is 5.97 Å². The van der Waals surface area contributed by atoms with Gasteiger partial charge in [-0.25, -0.2) is 4.39 Å². The van der Waals surface area contributed by atoms with Crippen LogP contribution in [0.1, 0.15) is 37.7 Å². The smallest absolute Gasteiger partial charge is 0.312 e. The molecule has 3 fully saturated rings. The highest BCUT2D eigenvalue weighted by Gasteiger charge is 2.50. The molecule has 6 heteroatoms. The van der Waals surface area contributed by atoms with Gasteiger partial charge in [-0.05, 0) is 44.8 Å². The second-order valence-corrected chi connectivity index (χ2v) is 8.41. The van der Waals surface area contributed by atoms with Crippen molar-refractivity contribution in [2.24, 2.45) is 5.41 Å². The van der Waals surface area contributed by atoms with Gasteiger partial charge < -0.3 is 9.84 Å². The summed E-state index contributed by atoms with van der Waals surface area (Å²) in [4.78, 5) is 17.2. The van der Waals surface area contributed by atoms with Crippen molar-refractivity contribution < 1.29 is 19.0 Å². The van der Waals surface area contributed by atoms with E-state index in [1.807, 2.05) is 12.1 Å². The number of nitrogens with zero attached hydrogens (tertiary/aromatic N) is 2. The number of likely N-dealkylation sites (tertiary alicyclic amines) is 2. The molecule has 0 amide bonds. The SMILES string of the molecule is O=C1OC(CN2CCC(O)CC2)CC12CCN(Cc1ccccc1F)CC2. The van der Waals surface area contributed by atoms with Crippen LogP contribution >= 0.6 is 0 Å². The summed E-state index contributed by atoms with van der Waals surface area (Å²) in [5.74, 6) is -0.208. The van der Waals surface area contributed by atoms with E-state index >= 15 is 0 Å². The minimum atomic E-state index is -0.355. The minimum Gasteiger partial charge on any atom is -0.461 e. The number of piperidine rings is 2. The van der Waals surface area contributed by atoms with Crippen molar-refractivity contribution in [2.45, 2.75) is 50.9 Å². The number of benzene rings is 1. The van der Waals surface area contributed by atoms with Crippen molar-refractivity contribution >= 4 is 5.97 Å². The first-order valence-electron chi connectivity index (χ1n) is 10.1. The monoisotopic (exact) mass is 376 g/mol. The zero-order chi connectivity index (χ0) is 18.9. The Morgan fingerprint density at radius 1 is 1.11 bits per heavy atom. The van der Waals surface area contributed by atoms with Crippen LogP contribution < -0.4 is 0 Å².